The molecule has 1 amide bonds. The first-order chi connectivity index (χ1) is 13.3. The number of nitrogens with one attached hydrogen (secondary N) is 1. The van der Waals surface area contributed by atoms with Crippen LogP contribution in [0.4, 0.5) is 5.69 Å². The third-order valence-corrected chi connectivity index (χ3v) is 7.35. The van der Waals surface area contributed by atoms with E-state index in [0.29, 0.717) is 18.8 Å². The van der Waals surface area contributed by atoms with E-state index in [4.69, 9.17) is 11.6 Å². The second-order valence-corrected chi connectivity index (χ2v) is 9.47. The SMILES string of the molecule is CC(C)c1ccccc1NC(=O)C1CCN(S(=O)(=O)c2cccnc2Cl)CC1. The quantitative estimate of drug-likeness (QED) is 0.742. The van der Waals surface area contributed by atoms with Gasteiger partial charge in [0.1, 0.15) is 10.0 Å². The minimum Gasteiger partial charge on any atom is -0.326 e. The first kappa shape index (κ1) is 20.8. The average Bonchev–Trinajstić information content (AvgIpc) is 2.68. The zero-order valence-corrected chi connectivity index (χ0v) is 17.5. The van der Waals surface area contributed by atoms with E-state index >= 15 is 0 Å². The first-order valence-electron chi connectivity index (χ1n) is 9.31. The Morgan fingerprint density at radius 1 is 1.18 bits per heavy atom. The number of rotatable bonds is 5. The smallest absolute Gasteiger partial charge is 0.246 e. The van der Waals surface area contributed by atoms with Crippen molar-refractivity contribution < 1.29 is 13.2 Å². The molecule has 1 aromatic carbocycles. The van der Waals surface area contributed by atoms with Crippen LogP contribution in [0.1, 0.15) is 38.2 Å². The Labute approximate surface area is 171 Å². The van der Waals surface area contributed by atoms with Crippen molar-refractivity contribution in [1.82, 2.24) is 9.29 Å². The lowest BCUT2D eigenvalue weighted by Crippen LogP contribution is -2.41. The van der Waals surface area contributed by atoms with Gasteiger partial charge in [-0.15, -0.1) is 0 Å². The molecule has 2 aromatic rings. The number of carbonyl (C=O) groups is 1. The average molecular weight is 422 g/mol. The Kier molecular flexibility index (Phi) is 6.37. The predicted octanol–water partition coefficient (Wildman–Crippen LogP) is 3.90. The van der Waals surface area contributed by atoms with E-state index in [1.54, 1.807) is 6.07 Å². The van der Waals surface area contributed by atoms with Crippen molar-refractivity contribution >= 4 is 33.2 Å². The minimum absolute atomic E-state index is 0.00503. The van der Waals surface area contributed by atoms with Crippen LogP contribution in [0.25, 0.3) is 0 Å². The van der Waals surface area contributed by atoms with Crippen LogP contribution in [-0.4, -0.2) is 36.7 Å². The van der Waals surface area contributed by atoms with Crippen LogP contribution in [0.15, 0.2) is 47.5 Å². The van der Waals surface area contributed by atoms with Gasteiger partial charge in [0.25, 0.3) is 0 Å². The number of hydrogen-bond acceptors (Lipinski definition) is 4. The van der Waals surface area contributed by atoms with Crippen molar-refractivity contribution in [1.29, 1.82) is 0 Å². The summed E-state index contributed by atoms with van der Waals surface area (Å²) in [6.07, 6.45) is 2.38. The number of carbonyl (C=O) groups excluding carboxylic acids is 1. The molecule has 0 aliphatic carbocycles. The number of halogens is 1. The summed E-state index contributed by atoms with van der Waals surface area (Å²) in [6.45, 7) is 4.71. The van der Waals surface area contributed by atoms with E-state index in [1.807, 2.05) is 24.3 Å². The normalized spacial score (nSPS) is 16.3. The lowest BCUT2D eigenvalue weighted by atomic mass is 9.96. The maximum Gasteiger partial charge on any atom is 0.246 e. The largest absolute Gasteiger partial charge is 0.326 e. The topological polar surface area (TPSA) is 79.4 Å². The van der Waals surface area contributed by atoms with E-state index in [9.17, 15) is 13.2 Å². The Hall–Kier alpha value is -1.96. The van der Waals surface area contributed by atoms with E-state index in [1.165, 1.54) is 16.6 Å². The number of anilines is 1. The Morgan fingerprint density at radius 2 is 1.86 bits per heavy atom. The van der Waals surface area contributed by atoms with Crippen molar-refractivity contribution in [2.24, 2.45) is 5.92 Å². The molecule has 0 radical (unpaired) electrons. The zero-order valence-electron chi connectivity index (χ0n) is 15.9. The molecule has 6 nitrogen and oxygen atoms in total. The molecular formula is C20H24ClN3O3S. The maximum absolute atomic E-state index is 12.8. The molecule has 2 heterocycles. The highest BCUT2D eigenvalue weighted by Gasteiger charge is 2.33. The number of para-hydroxylation sites is 1. The van der Waals surface area contributed by atoms with Gasteiger partial charge in [0, 0.05) is 30.9 Å². The highest BCUT2D eigenvalue weighted by atomic mass is 35.5. The molecule has 3 rings (SSSR count). The van der Waals surface area contributed by atoms with Crippen LogP contribution in [-0.2, 0) is 14.8 Å². The molecule has 0 bridgehead atoms. The van der Waals surface area contributed by atoms with Crippen LogP contribution in [0.3, 0.4) is 0 Å². The molecule has 0 saturated carbocycles. The molecule has 28 heavy (non-hydrogen) atoms. The molecular weight excluding hydrogens is 398 g/mol. The fourth-order valence-corrected chi connectivity index (χ4v) is 5.31. The molecule has 0 spiro atoms. The molecule has 8 heteroatoms. The molecule has 1 aliphatic heterocycles. The van der Waals surface area contributed by atoms with Crippen molar-refractivity contribution in [3.63, 3.8) is 0 Å². The van der Waals surface area contributed by atoms with Crippen LogP contribution >= 0.6 is 11.6 Å². The second kappa shape index (κ2) is 8.59. The van der Waals surface area contributed by atoms with Gasteiger partial charge in [-0.25, -0.2) is 13.4 Å². The lowest BCUT2D eigenvalue weighted by Gasteiger charge is -2.30. The molecule has 1 N–H and O–H groups in total. The molecule has 150 valence electrons. The van der Waals surface area contributed by atoms with Crippen molar-refractivity contribution in [2.75, 3.05) is 18.4 Å². The minimum atomic E-state index is -3.71. The number of sulfonamides is 1. The van der Waals surface area contributed by atoms with Gasteiger partial charge in [0.2, 0.25) is 15.9 Å². The van der Waals surface area contributed by atoms with Gasteiger partial charge in [0.05, 0.1) is 0 Å². The van der Waals surface area contributed by atoms with Gasteiger partial charge in [-0.3, -0.25) is 4.79 Å². The highest BCUT2D eigenvalue weighted by molar-refractivity contribution is 7.89. The van der Waals surface area contributed by atoms with Crippen LogP contribution in [0, 0.1) is 5.92 Å². The summed E-state index contributed by atoms with van der Waals surface area (Å²) in [7, 11) is -3.71. The van der Waals surface area contributed by atoms with Crippen LogP contribution in [0.5, 0.6) is 0 Å². The van der Waals surface area contributed by atoms with Gasteiger partial charge in [-0.05, 0) is 42.5 Å². The number of pyridine rings is 1. The van der Waals surface area contributed by atoms with Crippen molar-refractivity contribution in [3.05, 3.63) is 53.3 Å². The zero-order chi connectivity index (χ0) is 20.3. The summed E-state index contributed by atoms with van der Waals surface area (Å²) >= 11 is 5.96. The third-order valence-electron chi connectivity index (χ3n) is 5.01. The van der Waals surface area contributed by atoms with Gasteiger partial charge < -0.3 is 5.32 Å². The molecule has 1 aromatic heterocycles. The summed E-state index contributed by atoms with van der Waals surface area (Å²) in [6, 6.07) is 10.8. The molecule has 0 atom stereocenters. The third kappa shape index (κ3) is 4.37. The van der Waals surface area contributed by atoms with Crippen molar-refractivity contribution in [3.8, 4) is 0 Å². The monoisotopic (exact) mass is 421 g/mol. The van der Waals surface area contributed by atoms with Gasteiger partial charge in [-0.1, -0.05) is 43.6 Å². The number of benzene rings is 1. The van der Waals surface area contributed by atoms with E-state index in [2.05, 4.69) is 24.1 Å². The van der Waals surface area contributed by atoms with Crippen LogP contribution in [0.2, 0.25) is 5.15 Å². The maximum atomic E-state index is 12.8. The fraction of sp³-hybridized carbons (Fsp3) is 0.400. The fourth-order valence-electron chi connectivity index (χ4n) is 3.41. The number of aromatic nitrogens is 1. The van der Waals surface area contributed by atoms with E-state index < -0.39 is 10.0 Å². The second-order valence-electron chi connectivity index (χ2n) is 7.20. The predicted molar refractivity (Wildman–Crippen MR) is 110 cm³/mol. The number of nitrogens with zero attached hydrogens (tertiary/aromatic N) is 2. The van der Waals surface area contributed by atoms with E-state index in [0.717, 1.165) is 11.3 Å². The van der Waals surface area contributed by atoms with Gasteiger partial charge in [-0.2, -0.15) is 4.31 Å². The first-order valence-corrected chi connectivity index (χ1v) is 11.1. The summed E-state index contributed by atoms with van der Waals surface area (Å²) in [5, 5.41) is 2.98. The summed E-state index contributed by atoms with van der Waals surface area (Å²) in [5.41, 5.74) is 1.90. The standard InChI is InChI=1S/C20H24ClN3O3S/c1-14(2)16-6-3-4-7-17(16)23-20(25)15-9-12-24(13-10-15)28(26,27)18-8-5-11-22-19(18)21/h3-8,11,14-15H,9-10,12-13H2,1-2H3,(H,23,25). The van der Waals surface area contributed by atoms with Crippen LogP contribution < -0.4 is 5.32 Å². The number of amides is 1. The molecule has 1 aliphatic rings. The molecule has 1 saturated heterocycles. The Balaban J connectivity index is 1.66. The van der Waals surface area contributed by atoms with Gasteiger partial charge >= 0.3 is 0 Å². The summed E-state index contributed by atoms with van der Waals surface area (Å²) in [5.74, 6) is 0.00770. The summed E-state index contributed by atoms with van der Waals surface area (Å²) in [4.78, 5) is 16.6. The highest BCUT2D eigenvalue weighted by Crippen LogP contribution is 2.29. The summed E-state index contributed by atoms with van der Waals surface area (Å²) < 4.78 is 27.0. The van der Waals surface area contributed by atoms with Gasteiger partial charge in [0.15, 0.2) is 0 Å². The lowest BCUT2D eigenvalue weighted by molar-refractivity contribution is -0.120. The molecule has 1 fully saturated rings. The molecule has 0 unspecified atom stereocenters. The van der Waals surface area contributed by atoms with E-state index in [-0.39, 0.29) is 35.0 Å². The Bertz CT molecular complexity index is 955. The van der Waals surface area contributed by atoms with Crippen molar-refractivity contribution in [2.45, 2.75) is 37.5 Å². The number of hydrogen-bond donors (Lipinski definition) is 1. The number of piperidine rings is 1. The Morgan fingerprint density at radius 3 is 2.50 bits per heavy atom.